The van der Waals surface area contributed by atoms with Crippen LogP contribution >= 0.6 is 0 Å². The van der Waals surface area contributed by atoms with E-state index in [9.17, 15) is 4.79 Å². The number of carbonyl (C=O) groups excluding carboxylic acids is 1. The van der Waals surface area contributed by atoms with Crippen LogP contribution in [0, 0.1) is 0 Å². The summed E-state index contributed by atoms with van der Waals surface area (Å²) in [6, 6.07) is 7.38. The van der Waals surface area contributed by atoms with Gasteiger partial charge in [0, 0.05) is 30.7 Å². The Balaban J connectivity index is 2.01. The van der Waals surface area contributed by atoms with Gasteiger partial charge >= 0.3 is 0 Å². The number of benzene rings is 1. The molecular weight excluding hydrogens is 252 g/mol. The van der Waals surface area contributed by atoms with Gasteiger partial charge in [0.15, 0.2) is 5.78 Å². The van der Waals surface area contributed by atoms with Gasteiger partial charge in [-0.3, -0.25) is 14.6 Å². The molecule has 0 aliphatic carbocycles. The molecule has 1 saturated heterocycles. The Hall–Kier alpha value is -1.39. The van der Waals surface area contributed by atoms with Crippen molar-refractivity contribution in [3.05, 3.63) is 29.8 Å². The van der Waals surface area contributed by atoms with E-state index in [4.69, 9.17) is 4.74 Å². The number of hydrogen-bond donors (Lipinski definition) is 0. The van der Waals surface area contributed by atoms with E-state index in [1.807, 2.05) is 24.3 Å². The van der Waals surface area contributed by atoms with Crippen molar-refractivity contribution in [2.75, 3.05) is 40.3 Å². The highest BCUT2D eigenvalue weighted by atomic mass is 16.5. The van der Waals surface area contributed by atoms with Gasteiger partial charge in [-0.25, -0.2) is 0 Å². The first-order valence-electron chi connectivity index (χ1n) is 7.03. The number of rotatable bonds is 4. The van der Waals surface area contributed by atoms with E-state index in [2.05, 4.69) is 30.7 Å². The maximum absolute atomic E-state index is 12.4. The van der Waals surface area contributed by atoms with Gasteiger partial charge in [-0.1, -0.05) is 12.1 Å². The van der Waals surface area contributed by atoms with Crippen LogP contribution in [0.1, 0.15) is 24.2 Å². The summed E-state index contributed by atoms with van der Waals surface area (Å²) in [6.07, 6.45) is 0. The number of likely N-dealkylation sites (N-methyl/N-ethyl adjacent to an activating group) is 1. The molecule has 1 aromatic carbocycles. The Bertz CT molecular complexity index is 485. The molecule has 110 valence electrons. The minimum Gasteiger partial charge on any atom is -0.497 e. The molecule has 2 rings (SSSR count). The van der Waals surface area contributed by atoms with Crippen molar-refractivity contribution in [2.45, 2.75) is 19.4 Å². The van der Waals surface area contributed by atoms with Gasteiger partial charge in [0.05, 0.1) is 13.7 Å². The standard InChI is InChI=1S/C16H24N2O2/c1-16(2)12-18(9-8-17(16)3)11-15(19)13-6-5-7-14(10-13)20-4/h5-7,10H,8-9,11-12H2,1-4H3. The third-order valence-corrected chi connectivity index (χ3v) is 4.15. The summed E-state index contributed by atoms with van der Waals surface area (Å²) in [7, 11) is 3.76. The summed E-state index contributed by atoms with van der Waals surface area (Å²) in [4.78, 5) is 16.9. The number of nitrogens with zero attached hydrogens (tertiary/aromatic N) is 2. The second-order valence-electron chi connectivity index (χ2n) is 6.10. The Morgan fingerprint density at radius 2 is 2.10 bits per heavy atom. The smallest absolute Gasteiger partial charge is 0.176 e. The fourth-order valence-corrected chi connectivity index (χ4v) is 2.57. The molecule has 1 aliphatic heterocycles. The second-order valence-corrected chi connectivity index (χ2v) is 6.10. The lowest BCUT2D eigenvalue weighted by Crippen LogP contribution is -2.58. The van der Waals surface area contributed by atoms with E-state index in [-0.39, 0.29) is 11.3 Å². The molecule has 0 saturated carbocycles. The molecule has 4 nitrogen and oxygen atoms in total. The highest BCUT2D eigenvalue weighted by molar-refractivity contribution is 5.97. The molecular formula is C16H24N2O2. The molecule has 0 bridgehead atoms. The molecule has 1 heterocycles. The van der Waals surface area contributed by atoms with Crippen LogP contribution in [0.5, 0.6) is 5.75 Å². The van der Waals surface area contributed by atoms with Crippen LogP contribution in [-0.4, -0.2) is 61.5 Å². The fraction of sp³-hybridized carbons (Fsp3) is 0.562. The number of methoxy groups -OCH3 is 1. The average Bonchev–Trinajstić information content (AvgIpc) is 2.42. The van der Waals surface area contributed by atoms with Crippen molar-refractivity contribution in [1.29, 1.82) is 0 Å². The zero-order valence-electron chi connectivity index (χ0n) is 12.8. The first-order valence-corrected chi connectivity index (χ1v) is 7.03. The highest BCUT2D eigenvalue weighted by Gasteiger charge is 2.31. The zero-order valence-corrected chi connectivity index (χ0v) is 12.8. The van der Waals surface area contributed by atoms with Crippen LogP contribution in [0.2, 0.25) is 0 Å². The fourth-order valence-electron chi connectivity index (χ4n) is 2.57. The SMILES string of the molecule is COc1cccc(C(=O)CN2CCN(C)C(C)(C)C2)c1. The van der Waals surface area contributed by atoms with Gasteiger partial charge in [-0.2, -0.15) is 0 Å². The van der Waals surface area contributed by atoms with Crippen molar-refractivity contribution in [3.8, 4) is 5.75 Å². The summed E-state index contributed by atoms with van der Waals surface area (Å²) in [5.41, 5.74) is 0.841. The van der Waals surface area contributed by atoms with Gasteiger partial charge in [0.2, 0.25) is 0 Å². The topological polar surface area (TPSA) is 32.8 Å². The van der Waals surface area contributed by atoms with Crippen LogP contribution in [-0.2, 0) is 0 Å². The quantitative estimate of drug-likeness (QED) is 0.786. The van der Waals surface area contributed by atoms with Gasteiger partial charge in [-0.05, 0) is 33.0 Å². The zero-order chi connectivity index (χ0) is 14.8. The first kappa shape index (κ1) is 15.0. The third kappa shape index (κ3) is 3.38. The molecule has 0 N–H and O–H groups in total. The molecule has 0 spiro atoms. The van der Waals surface area contributed by atoms with E-state index in [0.29, 0.717) is 6.54 Å². The molecule has 0 radical (unpaired) electrons. The first-order chi connectivity index (χ1) is 9.42. The minimum absolute atomic E-state index is 0.118. The van der Waals surface area contributed by atoms with Crippen molar-refractivity contribution < 1.29 is 9.53 Å². The number of Topliss-reactive ketones (excluding diaryl/α,β-unsaturated/α-hetero) is 1. The van der Waals surface area contributed by atoms with Crippen LogP contribution < -0.4 is 4.74 Å². The maximum Gasteiger partial charge on any atom is 0.176 e. The number of ether oxygens (including phenoxy) is 1. The normalized spacial score (nSPS) is 19.8. The van der Waals surface area contributed by atoms with E-state index >= 15 is 0 Å². The number of hydrogen-bond acceptors (Lipinski definition) is 4. The summed E-state index contributed by atoms with van der Waals surface area (Å²) in [5, 5.41) is 0. The van der Waals surface area contributed by atoms with Gasteiger partial charge in [0.25, 0.3) is 0 Å². The lowest BCUT2D eigenvalue weighted by Gasteiger charge is -2.45. The van der Waals surface area contributed by atoms with Crippen LogP contribution in [0.4, 0.5) is 0 Å². The molecule has 0 amide bonds. The highest BCUT2D eigenvalue weighted by Crippen LogP contribution is 2.19. The number of ketones is 1. The van der Waals surface area contributed by atoms with Crippen molar-refractivity contribution in [3.63, 3.8) is 0 Å². The molecule has 20 heavy (non-hydrogen) atoms. The molecule has 0 aromatic heterocycles. The van der Waals surface area contributed by atoms with Gasteiger partial charge < -0.3 is 4.74 Å². The third-order valence-electron chi connectivity index (χ3n) is 4.15. The Morgan fingerprint density at radius 3 is 2.75 bits per heavy atom. The van der Waals surface area contributed by atoms with E-state index < -0.39 is 0 Å². The molecule has 4 heteroatoms. The summed E-state index contributed by atoms with van der Waals surface area (Å²) >= 11 is 0. The van der Waals surface area contributed by atoms with E-state index in [0.717, 1.165) is 30.9 Å². The lowest BCUT2D eigenvalue weighted by molar-refractivity contribution is 0.0389. The molecule has 1 aromatic rings. The van der Waals surface area contributed by atoms with Gasteiger partial charge in [-0.15, -0.1) is 0 Å². The largest absolute Gasteiger partial charge is 0.497 e. The Kier molecular flexibility index (Phi) is 4.45. The van der Waals surface area contributed by atoms with Crippen LogP contribution in [0.15, 0.2) is 24.3 Å². The number of piperazine rings is 1. The van der Waals surface area contributed by atoms with Crippen molar-refractivity contribution >= 4 is 5.78 Å². The van der Waals surface area contributed by atoms with Crippen molar-refractivity contribution in [2.24, 2.45) is 0 Å². The van der Waals surface area contributed by atoms with E-state index in [1.54, 1.807) is 7.11 Å². The Morgan fingerprint density at radius 1 is 1.35 bits per heavy atom. The summed E-state index contributed by atoms with van der Waals surface area (Å²) in [6.45, 7) is 7.77. The van der Waals surface area contributed by atoms with Crippen LogP contribution in [0.25, 0.3) is 0 Å². The summed E-state index contributed by atoms with van der Waals surface area (Å²) < 4.78 is 5.17. The lowest BCUT2D eigenvalue weighted by atomic mass is 9.99. The summed E-state index contributed by atoms with van der Waals surface area (Å²) in [5.74, 6) is 0.888. The molecule has 1 aliphatic rings. The predicted molar refractivity (Wildman–Crippen MR) is 80.5 cm³/mol. The van der Waals surface area contributed by atoms with Crippen molar-refractivity contribution in [1.82, 2.24) is 9.80 Å². The molecule has 0 atom stereocenters. The van der Waals surface area contributed by atoms with Gasteiger partial charge in [0.1, 0.15) is 5.75 Å². The number of carbonyl (C=O) groups is 1. The predicted octanol–water partition coefficient (Wildman–Crippen LogP) is 1.90. The Labute approximate surface area is 121 Å². The average molecular weight is 276 g/mol. The second kappa shape index (κ2) is 5.94. The minimum atomic E-state index is 0.118. The molecule has 0 unspecified atom stereocenters. The monoisotopic (exact) mass is 276 g/mol. The van der Waals surface area contributed by atoms with E-state index in [1.165, 1.54) is 0 Å². The van der Waals surface area contributed by atoms with Crippen LogP contribution in [0.3, 0.4) is 0 Å². The maximum atomic E-state index is 12.4. The molecule has 1 fully saturated rings.